The lowest BCUT2D eigenvalue weighted by Crippen LogP contribution is -2.39. The van der Waals surface area contributed by atoms with Gasteiger partial charge in [0.1, 0.15) is 6.54 Å². The Hall–Kier alpha value is -2.52. The Morgan fingerprint density at radius 2 is 1.72 bits per heavy atom. The number of hydrazone groups is 1. The topological polar surface area (TPSA) is 78.8 Å². The molecule has 0 aromatic heterocycles. The van der Waals surface area contributed by atoms with Crippen molar-refractivity contribution in [3.63, 3.8) is 0 Å². The van der Waals surface area contributed by atoms with Crippen LogP contribution >= 0.6 is 35.0 Å². The lowest BCUT2D eigenvalue weighted by molar-refractivity contribution is -0.119. The lowest BCUT2D eigenvalue weighted by atomic mass is 10.2. The van der Waals surface area contributed by atoms with Crippen molar-refractivity contribution in [1.82, 2.24) is 5.43 Å². The van der Waals surface area contributed by atoms with Crippen molar-refractivity contribution in [2.45, 2.75) is 9.79 Å². The molecule has 0 unspecified atom stereocenters. The maximum absolute atomic E-state index is 13.2. The average molecular weight is 508 g/mol. The number of halogens is 2. The molecule has 0 fully saturated rings. The zero-order valence-electron chi connectivity index (χ0n) is 16.9. The van der Waals surface area contributed by atoms with E-state index in [0.29, 0.717) is 0 Å². The number of nitrogens with zero attached hydrogens (tertiary/aromatic N) is 2. The van der Waals surface area contributed by atoms with Gasteiger partial charge in [0, 0.05) is 4.90 Å². The highest BCUT2D eigenvalue weighted by molar-refractivity contribution is 7.98. The minimum atomic E-state index is -4.05. The maximum atomic E-state index is 13.2. The van der Waals surface area contributed by atoms with Crippen LogP contribution in [-0.2, 0) is 14.8 Å². The van der Waals surface area contributed by atoms with E-state index < -0.39 is 22.5 Å². The van der Waals surface area contributed by atoms with Crippen LogP contribution in [0.3, 0.4) is 0 Å². The van der Waals surface area contributed by atoms with Crippen LogP contribution in [0.15, 0.2) is 87.7 Å². The van der Waals surface area contributed by atoms with Crippen molar-refractivity contribution in [3.8, 4) is 0 Å². The first-order valence-electron chi connectivity index (χ1n) is 9.30. The second kappa shape index (κ2) is 10.9. The molecule has 3 aromatic rings. The van der Waals surface area contributed by atoms with Gasteiger partial charge in [0.25, 0.3) is 15.9 Å². The fraction of sp³-hybridized carbons (Fsp3) is 0.0909. The highest BCUT2D eigenvalue weighted by atomic mass is 35.5. The first-order valence-corrected chi connectivity index (χ1v) is 12.7. The van der Waals surface area contributed by atoms with E-state index in [2.05, 4.69) is 10.5 Å². The first-order chi connectivity index (χ1) is 15.3. The Labute approximate surface area is 201 Å². The molecule has 3 rings (SSSR count). The predicted octanol–water partition coefficient (Wildman–Crippen LogP) is 5.06. The third kappa shape index (κ3) is 6.04. The number of nitrogens with one attached hydrogen (secondary N) is 1. The number of sulfonamides is 1. The Kier molecular flexibility index (Phi) is 8.20. The van der Waals surface area contributed by atoms with Gasteiger partial charge in [-0.25, -0.2) is 13.8 Å². The molecule has 32 heavy (non-hydrogen) atoms. The number of amides is 1. The average Bonchev–Trinajstić information content (AvgIpc) is 2.80. The van der Waals surface area contributed by atoms with Crippen molar-refractivity contribution >= 4 is 62.8 Å². The lowest BCUT2D eigenvalue weighted by Gasteiger charge is -2.24. The van der Waals surface area contributed by atoms with E-state index in [1.54, 1.807) is 30.0 Å². The van der Waals surface area contributed by atoms with E-state index in [4.69, 9.17) is 23.2 Å². The number of rotatable bonds is 8. The van der Waals surface area contributed by atoms with E-state index in [1.165, 1.54) is 36.5 Å². The molecule has 0 aliphatic rings. The van der Waals surface area contributed by atoms with Crippen LogP contribution in [0, 0.1) is 0 Å². The van der Waals surface area contributed by atoms with Crippen molar-refractivity contribution in [3.05, 3.63) is 88.4 Å². The smallest absolute Gasteiger partial charge is 0.264 e. The number of thioether (sulfide) groups is 1. The fourth-order valence-corrected chi connectivity index (χ4v) is 4.84. The standard InChI is InChI=1S/C22H19Cl2N3O3S2/c1-31-18-10-7-16(8-11-18)14-25-26-22(28)15-27(17-9-12-20(23)21(24)13-17)32(29,30)19-5-3-2-4-6-19/h2-14H,15H2,1H3,(H,26,28)/b25-14-. The van der Waals surface area contributed by atoms with E-state index in [9.17, 15) is 13.2 Å². The third-order valence-corrected chi connectivity index (χ3v) is 7.60. The van der Waals surface area contributed by atoms with Gasteiger partial charge in [0.15, 0.2) is 0 Å². The molecule has 0 spiro atoms. The summed E-state index contributed by atoms with van der Waals surface area (Å²) in [6.45, 7) is -0.502. The minimum absolute atomic E-state index is 0.0382. The number of anilines is 1. The van der Waals surface area contributed by atoms with Crippen LogP contribution in [0.5, 0.6) is 0 Å². The summed E-state index contributed by atoms with van der Waals surface area (Å²) in [5, 5.41) is 4.37. The van der Waals surface area contributed by atoms with Crippen LogP contribution in [0.1, 0.15) is 5.56 Å². The van der Waals surface area contributed by atoms with Crippen molar-refractivity contribution in [2.75, 3.05) is 17.1 Å². The summed E-state index contributed by atoms with van der Waals surface area (Å²) in [6, 6.07) is 19.8. The van der Waals surface area contributed by atoms with Gasteiger partial charge in [-0.2, -0.15) is 5.10 Å². The number of benzene rings is 3. The van der Waals surface area contributed by atoms with Crippen LogP contribution < -0.4 is 9.73 Å². The van der Waals surface area contributed by atoms with Crippen LogP contribution in [0.2, 0.25) is 10.0 Å². The summed E-state index contributed by atoms with van der Waals surface area (Å²) in [7, 11) is -4.05. The van der Waals surface area contributed by atoms with Gasteiger partial charge >= 0.3 is 0 Å². The van der Waals surface area contributed by atoms with Gasteiger partial charge in [-0.15, -0.1) is 11.8 Å². The van der Waals surface area contributed by atoms with Crippen LogP contribution in [0.4, 0.5) is 5.69 Å². The first kappa shape index (κ1) is 24.1. The zero-order valence-corrected chi connectivity index (χ0v) is 20.0. The van der Waals surface area contributed by atoms with E-state index >= 15 is 0 Å². The van der Waals surface area contributed by atoms with Crippen molar-refractivity contribution < 1.29 is 13.2 Å². The molecule has 166 valence electrons. The molecular formula is C22H19Cl2N3O3S2. The monoisotopic (exact) mass is 507 g/mol. The molecule has 0 saturated heterocycles. The van der Waals surface area contributed by atoms with E-state index in [0.717, 1.165) is 14.8 Å². The third-order valence-electron chi connectivity index (χ3n) is 4.33. The van der Waals surface area contributed by atoms with Gasteiger partial charge in [-0.05, 0) is 54.3 Å². The molecule has 0 bridgehead atoms. The Balaban J connectivity index is 1.82. The molecule has 1 amide bonds. The van der Waals surface area contributed by atoms with Crippen LogP contribution in [0.25, 0.3) is 0 Å². The zero-order chi connectivity index (χ0) is 23.1. The largest absolute Gasteiger partial charge is 0.271 e. The highest BCUT2D eigenvalue weighted by Gasteiger charge is 2.27. The van der Waals surface area contributed by atoms with Gasteiger partial charge in [-0.3, -0.25) is 9.10 Å². The molecule has 0 heterocycles. The minimum Gasteiger partial charge on any atom is -0.271 e. The summed E-state index contributed by atoms with van der Waals surface area (Å²) in [4.78, 5) is 13.7. The Bertz CT molecular complexity index is 1220. The normalized spacial score (nSPS) is 11.5. The molecule has 0 atom stereocenters. The number of carbonyl (C=O) groups excluding carboxylic acids is 1. The fourth-order valence-electron chi connectivity index (χ4n) is 2.71. The van der Waals surface area contributed by atoms with E-state index in [-0.39, 0.29) is 20.6 Å². The Morgan fingerprint density at radius 3 is 2.34 bits per heavy atom. The molecule has 0 saturated carbocycles. The second-order valence-corrected chi connectivity index (χ2v) is 10.0. The SMILES string of the molecule is CSc1ccc(/C=N\NC(=O)CN(c2ccc(Cl)c(Cl)c2)S(=O)(=O)c2ccccc2)cc1. The summed E-state index contributed by atoms with van der Waals surface area (Å²) >= 11 is 13.7. The van der Waals surface area contributed by atoms with Gasteiger partial charge < -0.3 is 0 Å². The van der Waals surface area contributed by atoms with Crippen molar-refractivity contribution in [1.29, 1.82) is 0 Å². The molecule has 0 aliphatic carbocycles. The molecule has 1 N–H and O–H groups in total. The summed E-state index contributed by atoms with van der Waals surface area (Å²) in [6.07, 6.45) is 3.46. The molecular weight excluding hydrogens is 489 g/mol. The second-order valence-electron chi connectivity index (χ2n) is 6.49. The van der Waals surface area contributed by atoms with Gasteiger partial charge in [-0.1, -0.05) is 53.5 Å². The number of hydrogen-bond donors (Lipinski definition) is 1. The highest BCUT2D eigenvalue weighted by Crippen LogP contribution is 2.30. The van der Waals surface area contributed by atoms with Gasteiger partial charge in [0.05, 0.1) is 26.8 Å². The summed E-state index contributed by atoms with van der Waals surface area (Å²) in [5.41, 5.74) is 3.37. The van der Waals surface area contributed by atoms with Gasteiger partial charge in [0.2, 0.25) is 0 Å². The quantitative estimate of drug-likeness (QED) is 0.262. The molecule has 3 aromatic carbocycles. The van der Waals surface area contributed by atoms with E-state index in [1.807, 2.05) is 30.5 Å². The molecule has 0 aliphatic heterocycles. The number of carbonyl (C=O) groups is 1. The molecule has 0 radical (unpaired) electrons. The van der Waals surface area contributed by atoms with Crippen molar-refractivity contribution in [2.24, 2.45) is 5.10 Å². The predicted molar refractivity (Wildman–Crippen MR) is 131 cm³/mol. The summed E-state index contributed by atoms with van der Waals surface area (Å²) in [5.74, 6) is -0.618. The van der Waals surface area contributed by atoms with Crippen LogP contribution in [-0.4, -0.2) is 33.3 Å². The molecule has 6 nitrogen and oxygen atoms in total. The number of hydrogen-bond acceptors (Lipinski definition) is 5. The Morgan fingerprint density at radius 1 is 1.03 bits per heavy atom. The maximum Gasteiger partial charge on any atom is 0.264 e. The molecule has 10 heteroatoms. The summed E-state index contributed by atoms with van der Waals surface area (Å²) < 4.78 is 27.5.